The van der Waals surface area contributed by atoms with Crippen LogP contribution in [0.2, 0.25) is 0 Å². The van der Waals surface area contributed by atoms with Gasteiger partial charge in [-0.2, -0.15) is 0 Å². The maximum Gasteiger partial charge on any atom is 0.234 e. The number of benzene rings is 1. The van der Waals surface area contributed by atoms with E-state index in [9.17, 15) is 9.90 Å². The van der Waals surface area contributed by atoms with Gasteiger partial charge in [0.25, 0.3) is 0 Å². The molecular weight excluding hydrogens is 296 g/mol. The van der Waals surface area contributed by atoms with E-state index in [4.69, 9.17) is 9.47 Å². The fourth-order valence-corrected chi connectivity index (χ4v) is 2.92. The van der Waals surface area contributed by atoms with Gasteiger partial charge in [0.1, 0.15) is 11.5 Å². The summed E-state index contributed by atoms with van der Waals surface area (Å²) >= 11 is 0. The van der Waals surface area contributed by atoms with E-state index in [1.807, 2.05) is 30.0 Å². The highest BCUT2D eigenvalue weighted by Crippen LogP contribution is 2.29. The number of ether oxygens (including phenoxy) is 2. The van der Waals surface area contributed by atoms with Crippen LogP contribution in [0.4, 0.5) is 0 Å². The Morgan fingerprint density at radius 2 is 2.22 bits per heavy atom. The summed E-state index contributed by atoms with van der Waals surface area (Å²) in [4.78, 5) is 14.2. The number of hydrogen-bond acceptors (Lipinski definition) is 5. The normalized spacial score (nSPS) is 19.9. The number of likely N-dealkylation sites (tertiary alicyclic amines) is 1. The number of aliphatic hydroxyl groups is 1. The minimum Gasteiger partial charge on any atom is -0.497 e. The largest absolute Gasteiger partial charge is 0.497 e. The van der Waals surface area contributed by atoms with Crippen molar-refractivity contribution in [2.45, 2.75) is 31.9 Å². The standard InChI is InChI=1S/C17H26N2O4/c1-12(15-9-14(22-2)6-7-16(15)23-3)18-17(21)11-19-8-4-5-13(20)10-19/h6-7,9,12-13,20H,4-5,8,10-11H2,1-3H3,(H,18,21). The molecule has 1 aromatic rings. The maximum atomic E-state index is 12.2. The summed E-state index contributed by atoms with van der Waals surface area (Å²) < 4.78 is 10.6. The summed E-state index contributed by atoms with van der Waals surface area (Å²) in [5.41, 5.74) is 0.874. The van der Waals surface area contributed by atoms with Gasteiger partial charge in [0.2, 0.25) is 5.91 Å². The number of methoxy groups -OCH3 is 2. The van der Waals surface area contributed by atoms with Crippen LogP contribution < -0.4 is 14.8 Å². The van der Waals surface area contributed by atoms with Gasteiger partial charge in [-0.3, -0.25) is 9.69 Å². The molecule has 1 saturated heterocycles. The Bertz CT molecular complexity index is 535. The van der Waals surface area contributed by atoms with Crippen molar-refractivity contribution in [1.82, 2.24) is 10.2 Å². The summed E-state index contributed by atoms with van der Waals surface area (Å²) in [6.45, 7) is 3.62. The van der Waals surface area contributed by atoms with Crippen molar-refractivity contribution in [2.24, 2.45) is 0 Å². The maximum absolute atomic E-state index is 12.2. The molecule has 0 bridgehead atoms. The third kappa shape index (κ3) is 4.84. The molecule has 0 aromatic heterocycles. The van der Waals surface area contributed by atoms with Crippen LogP contribution in [0.25, 0.3) is 0 Å². The minimum absolute atomic E-state index is 0.0588. The second-order valence-corrected chi connectivity index (χ2v) is 5.93. The molecule has 2 atom stereocenters. The second-order valence-electron chi connectivity index (χ2n) is 5.93. The molecule has 2 rings (SSSR count). The first kappa shape index (κ1) is 17.6. The van der Waals surface area contributed by atoms with Gasteiger partial charge in [0, 0.05) is 12.1 Å². The van der Waals surface area contributed by atoms with Gasteiger partial charge in [-0.05, 0) is 44.5 Å². The summed E-state index contributed by atoms with van der Waals surface area (Å²) in [6.07, 6.45) is 1.41. The first-order valence-electron chi connectivity index (χ1n) is 7.95. The van der Waals surface area contributed by atoms with Crippen LogP contribution in [0, 0.1) is 0 Å². The van der Waals surface area contributed by atoms with Crippen molar-refractivity contribution in [3.8, 4) is 11.5 Å². The lowest BCUT2D eigenvalue weighted by atomic mass is 10.1. The molecule has 6 nitrogen and oxygen atoms in total. The Balaban J connectivity index is 1.97. The summed E-state index contributed by atoms with van der Waals surface area (Å²) in [7, 11) is 3.21. The van der Waals surface area contributed by atoms with Crippen molar-refractivity contribution in [1.29, 1.82) is 0 Å². The molecule has 0 spiro atoms. The number of piperidine rings is 1. The number of aliphatic hydroxyl groups excluding tert-OH is 1. The molecular formula is C17H26N2O4. The zero-order chi connectivity index (χ0) is 16.8. The number of hydrogen-bond donors (Lipinski definition) is 2. The third-order valence-electron chi connectivity index (χ3n) is 4.13. The van der Waals surface area contributed by atoms with Crippen LogP contribution >= 0.6 is 0 Å². The molecule has 2 N–H and O–H groups in total. The van der Waals surface area contributed by atoms with Gasteiger partial charge in [-0.15, -0.1) is 0 Å². The van der Waals surface area contributed by atoms with Crippen LogP contribution in [-0.4, -0.2) is 55.9 Å². The van der Waals surface area contributed by atoms with Gasteiger partial charge in [-0.25, -0.2) is 0 Å². The van der Waals surface area contributed by atoms with Crippen molar-refractivity contribution in [3.05, 3.63) is 23.8 Å². The molecule has 2 unspecified atom stereocenters. The van der Waals surface area contributed by atoms with Crippen LogP contribution in [0.15, 0.2) is 18.2 Å². The lowest BCUT2D eigenvalue weighted by molar-refractivity contribution is -0.123. The molecule has 0 aliphatic carbocycles. The Labute approximate surface area is 137 Å². The van der Waals surface area contributed by atoms with E-state index in [-0.39, 0.29) is 18.1 Å². The molecule has 1 amide bonds. The molecule has 1 fully saturated rings. The molecule has 1 aliphatic rings. The molecule has 1 heterocycles. The fraction of sp³-hybridized carbons (Fsp3) is 0.588. The van der Waals surface area contributed by atoms with E-state index in [0.29, 0.717) is 18.8 Å². The highest BCUT2D eigenvalue weighted by atomic mass is 16.5. The van der Waals surface area contributed by atoms with Crippen molar-refractivity contribution < 1.29 is 19.4 Å². The van der Waals surface area contributed by atoms with Crippen LogP contribution in [0.1, 0.15) is 31.4 Å². The Morgan fingerprint density at radius 1 is 1.43 bits per heavy atom. The van der Waals surface area contributed by atoms with Crippen molar-refractivity contribution >= 4 is 5.91 Å². The number of amides is 1. The smallest absolute Gasteiger partial charge is 0.234 e. The monoisotopic (exact) mass is 322 g/mol. The predicted molar refractivity (Wildman–Crippen MR) is 87.8 cm³/mol. The first-order chi connectivity index (χ1) is 11.0. The van der Waals surface area contributed by atoms with Crippen LogP contribution in [0.5, 0.6) is 11.5 Å². The van der Waals surface area contributed by atoms with E-state index in [0.717, 1.165) is 30.7 Å². The summed E-state index contributed by atoms with van der Waals surface area (Å²) in [5.74, 6) is 1.38. The molecule has 6 heteroatoms. The molecule has 1 aliphatic heterocycles. The van der Waals surface area contributed by atoms with E-state index in [1.165, 1.54) is 0 Å². The van der Waals surface area contributed by atoms with Crippen LogP contribution in [-0.2, 0) is 4.79 Å². The number of carbonyl (C=O) groups is 1. The van der Waals surface area contributed by atoms with E-state index < -0.39 is 0 Å². The van der Waals surface area contributed by atoms with Crippen molar-refractivity contribution in [2.75, 3.05) is 33.9 Å². The van der Waals surface area contributed by atoms with Gasteiger partial charge in [0.15, 0.2) is 0 Å². The first-order valence-corrected chi connectivity index (χ1v) is 7.95. The molecule has 1 aromatic carbocycles. The molecule has 23 heavy (non-hydrogen) atoms. The van der Waals surface area contributed by atoms with E-state index in [1.54, 1.807) is 14.2 Å². The third-order valence-corrected chi connectivity index (χ3v) is 4.13. The molecule has 128 valence electrons. The number of carbonyl (C=O) groups excluding carboxylic acids is 1. The summed E-state index contributed by atoms with van der Waals surface area (Å²) in [5, 5.41) is 12.7. The molecule has 0 saturated carbocycles. The number of rotatable bonds is 6. The van der Waals surface area contributed by atoms with Gasteiger partial charge in [-0.1, -0.05) is 0 Å². The lowest BCUT2D eigenvalue weighted by Gasteiger charge is -2.29. The zero-order valence-electron chi connectivity index (χ0n) is 14.0. The Morgan fingerprint density at radius 3 is 2.87 bits per heavy atom. The average Bonchev–Trinajstić information content (AvgIpc) is 2.54. The number of nitrogens with one attached hydrogen (secondary N) is 1. The SMILES string of the molecule is COc1ccc(OC)c(C(C)NC(=O)CN2CCCC(O)C2)c1. The lowest BCUT2D eigenvalue weighted by Crippen LogP contribution is -2.44. The number of nitrogens with zero attached hydrogens (tertiary/aromatic N) is 1. The minimum atomic E-state index is -0.326. The second kappa shape index (κ2) is 8.17. The summed E-state index contributed by atoms with van der Waals surface area (Å²) in [6, 6.07) is 5.33. The Hall–Kier alpha value is -1.79. The van der Waals surface area contributed by atoms with Gasteiger partial charge in [0.05, 0.1) is 32.9 Å². The topological polar surface area (TPSA) is 71.0 Å². The highest BCUT2D eigenvalue weighted by Gasteiger charge is 2.21. The Kier molecular flexibility index (Phi) is 6.24. The molecule has 0 radical (unpaired) electrons. The fourth-order valence-electron chi connectivity index (χ4n) is 2.92. The van der Waals surface area contributed by atoms with Crippen molar-refractivity contribution in [3.63, 3.8) is 0 Å². The van der Waals surface area contributed by atoms with Gasteiger partial charge < -0.3 is 19.9 Å². The zero-order valence-corrected chi connectivity index (χ0v) is 14.0. The van der Waals surface area contributed by atoms with Gasteiger partial charge >= 0.3 is 0 Å². The highest BCUT2D eigenvalue weighted by molar-refractivity contribution is 5.78. The predicted octanol–water partition coefficient (Wildman–Crippen LogP) is 1.34. The van der Waals surface area contributed by atoms with Crippen LogP contribution in [0.3, 0.4) is 0 Å². The van der Waals surface area contributed by atoms with E-state index in [2.05, 4.69) is 5.32 Å². The quantitative estimate of drug-likeness (QED) is 0.827. The average molecular weight is 322 g/mol. The van der Waals surface area contributed by atoms with E-state index >= 15 is 0 Å². The number of β-amino-alcohol motifs (C(OH)–C–C–N with tert-alkyl or cyclic N) is 1.